The van der Waals surface area contributed by atoms with E-state index in [0.29, 0.717) is 34.5 Å². The first-order chi connectivity index (χ1) is 13.6. The van der Waals surface area contributed by atoms with Crippen molar-refractivity contribution in [1.82, 2.24) is 5.32 Å². The zero-order valence-electron chi connectivity index (χ0n) is 17.0. The summed E-state index contributed by atoms with van der Waals surface area (Å²) in [5.74, 6) is -0.478. The maximum absolute atomic E-state index is 12.3. The first kappa shape index (κ1) is 20.7. The lowest BCUT2D eigenvalue weighted by Crippen LogP contribution is -2.33. The van der Waals surface area contributed by atoms with Crippen molar-refractivity contribution in [3.05, 3.63) is 33.2 Å². The molecule has 0 bridgehead atoms. The lowest BCUT2D eigenvalue weighted by Gasteiger charge is -2.33. The molecule has 0 saturated heterocycles. The van der Waals surface area contributed by atoms with Gasteiger partial charge in [0.05, 0.1) is 11.8 Å². The molecule has 2 heterocycles. The fraction of sp³-hybridized carbons (Fsp3) is 0.476. The summed E-state index contributed by atoms with van der Waals surface area (Å²) in [5.41, 5.74) is 1.66. The zero-order chi connectivity index (χ0) is 21.3. The summed E-state index contributed by atoms with van der Waals surface area (Å²) in [5, 5.41) is 11.8. The van der Waals surface area contributed by atoms with Gasteiger partial charge < -0.3 is 24.3 Å². The number of carbonyl (C=O) groups excluding carboxylic acids is 1. The van der Waals surface area contributed by atoms with E-state index >= 15 is 0 Å². The zero-order valence-corrected chi connectivity index (χ0v) is 17.0. The number of carboxylic acid groups (broad SMARTS) is 1. The maximum atomic E-state index is 12.3. The average molecular weight is 403 g/mol. The number of aryl methyl sites for hydroxylation is 2. The molecule has 0 atom stereocenters. The second kappa shape index (κ2) is 7.77. The summed E-state index contributed by atoms with van der Waals surface area (Å²) in [4.78, 5) is 34.8. The van der Waals surface area contributed by atoms with Crippen molar-refractivity contribution in [3.8, 4) is 11.5 Å². The maximum Gasteiger partial charge on any atom is 0.339 e. The number of rotatable bonds is 6. The van der Waals surface area contributed by atoms with Crippen molar-refractivity contribution < 1.29 is 28.6 Å². The van der Waals surface area contributed by atoms with Gasteiger partial charge in [0, 0.05) is 23.7 Å². The Morgan fingerprint density at radius 1 is 1.28 bits per heavy atom. The van der Waals surface area contributed by atoms with Gasteiger partial charge in [-0.25, -0.2) is 4.79 Å². The molecule has 0 radical (unpaired) electrons. The van der Waals surface area contributed by atoms with E-state index in [1.165, 1.54) is 0 Å². The number of ether oxygens (including phenoxy) is 2. The average Bonchev–Trinajstić information content (AvgIpc) is 2.62. The number of carbonyl (C=O) groups is 2. The van der Waals surface area contributed by atoms with E-state index in [2.05, 4.69) is 5.32 Å². The van der Waals surface area contributed by atoms with Crippen molar-refractivity contribution in [1.29, 1.82) is 0 Å². The second-order valence-corrected chi connectivity index (χ2v) is 7.84. The number of carboxylic acids is 1. The monoisotopic (exact) mass is 403 g/mol. The molecule has 0 unspecified atom stereocenters. The summed E-state index contributed by atoms with van der Waals surface area (Å²) in [7, 11) is 0. The molecule has 0 spiro atoms. The van der Waals surface area contributed by atoms with Gasteiger partial charge in [0.25, 0.3) is 5.91 Å². The van der Waals surface area contributed by atoms with Gasteiger partial charge in [-0.1, -0.05) is 0 Å². The molecule has 1 aromatic carbocycles. The molecule has 8 nitrogen and oxygen atoms in total. The first-order valence-corrected chi connectivity index (χ1v) is 9.49. The molecule has 8 heteroatoms. The summed E-state index contributed by atoms with van der Waals surface area (Å²) >= 11 is 0. The molecule has 0 saturated carbocycles. The van der Waals surface area contributed by atoms with Crippen LogP contribution in [0.3, 0.4) is 0 Å². The van der Waals surface area contributed by atoms with Crippen LogP contribution in [0.5, 0.6) is 11.5 Å². The molecule has 0 fully saturated rings. The predicted molar refractivity (Wildman–Crippen MR) is 106 cm³/mol. The minimum atomic E-state index is -0.993. The molecule has 2 N–H and O–H groups in total. The largest absolute Gasteiger partial charge is 0.487 e. The second-order valence-electron chi connectivity index (χ2n) is 7.84. The van der Waals surface area contributed by atoms with Crippen LogP contribution in [-0.2, 0) is 16.0 Å². The van der Waals surface area contributed by atoms with E-state index in [0.717, 1.165) is 17.5 Å². The van der Waals surface area contributed by atoms with Gasteiger partial charge in [-0.05, 0) is 46.1 Å². The highest BCUT2D eigenvalue weighted by Crippen LogP contribution is 2.43. The normalized spacial score (nSPS) is 14.8. The Balaban J connectivity index is 1.98. The fourth-order valence-electron chi connectivity index (χ4n) is 3.35. The van der Waals surface area contributed by atoms with Gasteiger partial charge in [0.15, 0.2) is 6.61 Å². The Bertz CT molecular complexity index is 1040. The van der Waals surface area contributed by atoms with Gasteiger partial charge >= 0.3 is 11.6 Å². The van der Waals surface area contributed by atoms with Gasteiger partial charge in [0.1, 0.15) is 22.7 Å². The molecule has 156 valence electrons. The van der Waals surface area contributed by atoms with Crippen LogP contribution in [0.15, 0.2) is 15.3 Å². The van der Waals surface area contributed by atoms with E-state index in [9.17, 15) is 14.4 Å². The highest BCUT2D eigenvalue weighted by molar-refractivity contribution is 5.92. The van der Waals surface area contributed by atoms with Crippen LogP contribution in [0.1, 0.15) is 43.4 Å². The molecule has 1 aliphatic rings. The minimum Gasteiger partial charge on any atom is -0.487 e. The van der Waals surface area contributed by atoms with E-state index in [4.69, 9.17) is 19.0 Å². The number of benzene rings is 1. The Hall–Kier alpha value is -3.03. The first-order valence-electron chi connectivity index (χ1n) is 9.49. The SMILES string of the molecule is Cc1c(C)c2c(OCC(=O)NCCC(=O)O)cc3c(c2oc1=O)CCC(C)(C)O3. The smallest absolute Gasteiger partial charge is 0.339 e. The Morgan fingerprint density at radius 3 is 2.69 bits per heavy atom. The van der Waals surface area contributed by atoms with Crippen LogP contribution in [0.2, 0.25) is 0 Å². The molecular formula is C21H25NO7. The van der Waals surface area contributed by atoms with Crippen LogP contribution in [0.4, 0.5) is 0 Å². The Labute approximate surface area is 167 Å². The van der Waals surface area contributed by atoms with Gasteiger partial charge in [-0.3, -0.25) is 9.59 Å². The summed E-state index contributed by atoms with van der Waals surface area (Å²) in [6, 6.07) is 1.73. The van der Waals surface area contributed by atoms with Crippen LogP contribution in [0.25, 0.3) is 11.0 Å². The fourth-order valence-corrected chi connectivity index (χ4v) is 3.35. The third-order valence-corrected chi connectivity index (χ3v) is 5.13. The van der Waals surface area contributed by atoms with Crippen molar-refractivity contribution >= 4 is 22.8 Å². The Morgan fingerprint density at radius 2 is 2.00 bits per heavy atom. The number of nitrogens with one attached hydrogen (secondary N) is 1. The van der Waals surface area contributed by atoms with Crippen molar-refractivity contribution in [2.75, 3.05) is 13.2 Å². The van der Waals surface area contributed by atoms with Gasteiger partial charge in [-0.2, -0.15) is 0 Å². The van der Waals surface area contributed by atoms with E-state index in [1.54, 1.807) is 13.0 Å². The molecule has 1 aliphatic heterocycles. The van der Waals surface area contributed by atoms with Crippen molar-refractivity contribution in [3.63, 3.8) is 0 Å². The van der Waals surface area contributed by atoms with Crippen LogP contribution >= 0.6 is 0 Å². The number of aliphatic carboxylic acids is 1. The number of hydrogen-bond acceptors (Lipinski definition) is 6. The standard InChI is InChI=1S/C21H25NO7/c1-11-12(2)20(26)28-19-13-5-7-21(3,4)29-14(13)9-15(18(11)19)27-10-16(23)22-8-6-17(24)25/h9H,5-8,10H2,1-4H3,(H,22,23)(H,24,25). The highest BCUT2D eigenvalue weighted by atomic mass is 16.5. The number of fused-ring (bicyclic) bond motifs is 3. The minimum absolute atomic E-state index is 0.0206. The molecule has 2 aromatic rings. The van der Waals surface area contributed by atoms with E-state index in [1.807, 2.05) is 20.8 Å². The molecule has 1 aromatic heterocycles. The molecule has 29 heavy (non-hydrogen) atoms. The number of amides is 1. The molecule has 0 aliphatic carbocycles. The van der Waals surface area contributed by atoms with Gasteiger partial charge in [-0.15, -0.1) is 0 Å². The highest BCUT2D eigenvalue weighted by Gasteiger charge is 2.31. The predicted octanol–water partition coefficient (Wildman–Crippen LogP) is 2.48. The van der Waals surface area contributed by atoms with Crippen LogP contribution in [-0.4, -0.2) is 35.7 Å². The van der Waals surface area contributed by atoms with Gasteiger partial charge in [0.2, 0.25) is 0 Å². The summed E-state index contributed by atoms with van der Waals surface area (Å²) < 4.78 is 17.4. The van der Waals surface area contributed by atoms with E-state index < -0.39 is 17.5 Å². The summed E-state index contributed by atoms with van der Waals surface area (Å²) in [6.45, 7) is 7.18. The lowest BCUT2D eigenvalue weighted by molar-refractivity contribution is -0.137. The lowest BCUT2D eigenvalue weighted by atomic mass is 9.92. The van der Waals surface area contributed by atoms with E-state index in [-0.39, 0.29) is 25.2 Å². The van der Waals surface area contributed by atoms with Crippen molar-refractivity contribution in [2.24, 2.45) is 0 Å². The third-order valence-electron chi connectivity index (χ3n) is 5.13. The van der Waals surface area contributed by atoms with Crippen LogP contribution < -0.4 is 20.4 Å². The number of hydrogen-bond donors (Lipinski definition) is 2. The molecule has 3 rings (SSSR count). The topological polar surface area (TPSA) is 115 Å². The van der Waals surface area contributed by atoms with Crippen molar-refractivity contribution in [2.45, 2.75) is 52.6 Å². The molecular weight excluding hydrogens is 378 g/mol. The Kier molecular flexibility index (Phi) is 5.55. The molecule has 1 amide bonds. The third kappa shape index (κ3) is 4.36. The summed E-state index contributed by atoms with van der Waals surface area (Å²) in [6.07, 6.45) is 1.30. The van der Waals surface area contributed by atoms with Crippen LogP contribution in [0, 0.1) is 13.8 Å². The quantitative estimate of drug-likeness (QED) is 0.712.